The molecule has 0 radical (unpaired) electrons. The number of aromatic nitrogens is 1. The number of carbonyl (C=O) groups is 2. The predicted molar refractivity (Wildman–Crippen MR) is 140 cm³/mol. The highest BCUT2D eigenvalue weighted by atomic mass is 35.5. The highest BCUT2D eigenvalue weighted by Gasteiger charge is 2.47. The van der Waals surface area contributed by atoms with Crippen LogP contribution in [-0.4, -0.2) is 89.3 Å². The van der Waals surface area contributed by atoms with E-state index >= 15 is 4.39 Å². The third kappa shape index (κ3) is 4.06. The number of amides is 2. The van der Waals surface area contributed by atoms with E-state index in [1.165, 1.54) is 24.3 Å². The summed E-state index contributed by atoms with van der Waals surface area (Å²) in [5.74, 6) is -1.25. The zero-order valence-corrected chi connectivity index (χ0v) is 22.3. The summed E-state index contributed by atoms with van der Waals surface area (Å²) in [5.41, 5.74) is -0.601. The molecule has 38 heavy (non-hydrogen) atoms. The van der Waals surface area contributed by atoms with Crippen molar-refractivity contribution in [2.45, 2.75) is 38.0 Å². The number of rotatable bonds is 4. The number of carbonyl (C=O) groups excluding carboxylic acids is 2. The third-order valence-corrected chi connectivity index (χ3v) is 8.16. The Hall–Kier alpha value is -3.37. The molecule has 2 saturated heterocycles. The highest BCUT2D eigenvalue weighted by Crippen LogP contribution is 2.48. The number of benzene rings is 1. The number of halogens is 2. The molecule has 1 aromatic heterocycles. The molecule has 2 amide bonds. The van der Waals surface area contributed by atoms with Crippen LogP contribution in [0, 0.1) is 5.82 Å². The van der Waals surface area contributed by atoms with E-state index < -0.39 is 17.4 Å². The molecule has 3 aliphatic heterocycles. The number of ether oxygens (including phenoxy) is 2. The van der Waals surface area contributed by atoms with Crippen LogP contribution in [0.1, 0.15) is 30.6 Å². The van der Waals surface area contributed by atoms with Crippen LogP contribution in [0.25, 0.3) is 11.3 Å². The van der Waals surface area contributed by atoms with Gasteiger partial charge in [0.05, 0.1) is 23.2 Å². The lowest BCUT2D eigenvalue weighted by Crippen LogP contribution is -2.57. The Morgan fingerprint density at radius 3 is 2.74 bits per heavy atom. The van der Waals surface area contributed by atoms with Gasteiger partial charge < -0.3 is 29.3 Å². The smallest absolute Gasteiger partial charge is 0.261 e. The first-order valence-electron chi connectivity index (χ1n) is 12.5. The number of phenols is 1. The minimum absolute atomic E-state index is 0.0242. The van der Waals surface area contributed by atoms with Gasteiger partial charge in [-0.05, 0) is 38.5 Å². The first-order valence-corrected chi connectivity index (χ1v) is 12.8. The summed E-state index contributed by atoms with van der Waals surface area (Å²) in [6, 6.07) is 3.50. The summed E-state index contributed by atoms with van der Waals surface area (Å²) in [4.78, 5) is 36.4. The molecule has 11 heteroatoms. The zero-order chi connectivity index (χ0) is 27.4. The van der Waals surface area contributed by atoms with Crippen LogP contribution in [-0.2, 0) is 9.53 Å². The Morgan fingerprint density at radius 1 is 1.32 bits per heavy atom. The van der Waals surface area contributed by atoms with Gasteiger partial charge in [0, 0.05) is 33.3 Å². The van der Waals surface area contributed by atoms with Crippen LogP contribution in [0.15, 0.2) is 30.9 Å². The van der Waals surface area contributed by atoms with Crippen molar-refractivity contribution < 1.29 is 28.6 Å². The highest BCUT2D eigenvalue weighted by molar-refractivity contribution is 6.35. The van der Waals surface area contributed by atoms with Crippen LogP contribution in [0.5, 0.6) is 11.5 Å². The van der Waals surface area contributed by atoms with E-state index in [1.54, 1.807) is 16.9 Å². The predicted octanol–water partition coefficient (Wildman–Crippen LogP) is 3.48. The molecule has 2 atom stereocenters. The molecule has 4 heterocycles. The average molecular weight is 545 g/mol. The molecule has 3 aliphatic rings. The van der Waals surface area contributed by atoms with Crippen LogP contribution < -0.4 is 9.64 Å². The number of hydrogen-bond acceptors (Lipinski definition) is 7. The number of phenolic OH excluding ortho intramolecular Hbond substituents is 1. The quantitative estimate of drug-likeness (QED) is 0.589. The van der Waals surface area contributed by atoms with E-state index in [-0.39, 0.29) is 70.2 Å². The lowest BCUT2D eigenvalue weighted by Gasteiger charge is -2.40. The second-order valence-electron chi connectivity index (χ2n) is 10.2. The van der Waals surface area contributed by atoms with Gasteiger partial charge in [0.2, 0.25) is 5.91 Å². The monoisotopic (exact) mass is 544 g/mol. The van der Waals surface area contributed by atoms with E-state index in [4.69, 9.17) is 26.1 Å². The van der Waals surface area contributed by atoms with Gasteiger partial charge in [0.15, 0.2) is 5.75 Å². The minimum atomic E-state index is -0.711. The first-order chi connectivity index (χ1) is 18.1. The lowest BCUT2D eigenvalue weighted by atomic mass is 9.97. The van der Waals surface area contributed by atoms with Gasteiger partial charge in [-0.2, -0.15) is 0 Å². The van der Waals surface area contributed by atoms with E-state index in [1.807, 2.05) is 18.7 Å². The molecule has 1 aromatic carbocycles. The Kier molecular flexibility index (Phi) is 6.73. The Bertz CT molecular complexity index is 1300. The van der Waals surface area contributed by atoms with Crippen molar-refractivity contribution in [3.05, 3.63) is 47.3 Å². The van der Waals surface area contributed by atoms with Gasteiger partial charge in [-0.25, -0.2) is 9.37 Å². The maximum absolute atomic E-state index is 15.0. The third-order valence-electron chi connectivity index (χ3n) is 7.81. The molecule has 9 nitrogen and oxygen atoms in total. The summed E-state index contributed by atoms with van der Waals surface area (Å²) >= 11 is 6.79. The topological polar surface area (TPSA) is 95.4 Å². The fourth-order valence-corrected chi connectivity index (χ4v) is 6.02. The molecule has 0 unspecified atom stereocenters. The maximum Gasteiger partial charge on any atom is 0.261 e. The summed E-state index contributed by atoms with van der Waals surface area (Å²) in [7, 11) is 1.64. The number of pyridine rings is 1. The summed E-state index contributed by atoms with van der Waals surface area (Å²) in [5, 5.41) is 10.5. The maximum atomic E-state index is 15.0. The van der Waals surface area contributed by atoms with Crippen LogP contribution in [0.3, 0.4) is 0 Å². The Balaban J connectivity index is 1.70. The van der Waals surface area contributed by atoms with E-state index in [2.05, 4.69) is 6.58 Å². The van der Waals surface area contributed by atoms with Crippen molar-refractivity contribution in [1.29, 1.82) is 0 Å². The van der Waals surface area contributed by atoms with Crippen molar-refractivity contribution in [2.24, 2.45) is 0 Å². The number of piperazine rings is 1. The van der Waals surface area contributed by atoms with Crippen molar-refractivity contribution in [2.75, 3.05) is 44.8 Å². The number of anilines is 1. The number of fused-ring (bicyclic) bond motifs is 2. The SMILES string of the molecule is C=CC(=O)N1CCN2C(=O)c3c(N4CC[C@@H](OC)C4(C)C)nc(-c4c(O)cccc4F)c(Cl)c3OC[C@H]2C1. The van der Waals surface area contributed by atoms with Crippen molar-refractivity contribution in [3.63, 3.8) is 0 Å². The van der Waals surface area contributed by atoms with Crippen LogP contribution in [0.4, 0.5) is 10.2 Å². The summed E-state index contributed by atoms with van der Waals surface area (Å²) in [6.07, 6.45) is 1.78. The van der Waals surface area contributed by atoms with Crippen molar-refractivity contribution >= 4 is 29.2 Å². The van der Waals surface area contributed by atoms with Crippen LogP contribution >= 0.6 is 11.6 Å². The van der Waals surface area contributed by atoms with Gasteiger partial charge in [-0.3, -0.25) is 9.59 Å². The summed E-state index contributed by atoms with van der Waals surface area (Å²) in [6.45, 7) is 9.03. The molecule has 1 N–H and O–H groups in total. The summed E-state index contributed by atoms with van der Waals surface area (Å²) < 4.78 is 26.9. The average Bonchev–Trinajstić information content (AvgIpc) is 3.11. The molecule has 0 saturated carbocycles. The number of aromatic hydroxyl groups is 1. The van der Waals surface area contributed by atoms with Gasteiger partial charge in [-0.15, -0.1) is 0 Å². The van der Waals surface area contributed by atoms with Gasteiger partial charge in [-0.1, -0.05) is 24.2 Å². The normalized spacial score (nSPS) is 22.4. The Labute approximate surface area is 225 Å². The molecule has 202 valence electrons. The standard InChI is InChI=1S/C27H30ClFN4O5/c1-5-19(35)31-11-12-32-15(13-31)14-38-24-21(26(32)36)25(33-10-9-18(37-4)27(33,2)3)30-23(22(24)28)20-16(29)7-6-8-17(20)34/h5-8,15,18,34H,1,9-14H2,2-4H3/t15-,18-/m1/s1. The lowest BCUT2D eigenvalue weighted by molar-refractivity contribution is -0.128. The molecule has 2 fully saturated rings. The van der Waals surface area contributed by atoms with Gasteiger partial charge >= 0.3 is 0 Å². The second kappa shape index (κ2) is 9.74. The zero-order valence-electron chi connectivity index (χ0n) is 21.5. The van der Waals surface area contributed by atoms with E-state index in [0.717, 1.165) is 0 Å². The molecular formula is C27H30ClFN4O5. The van der Waals surface area contributed by atoms with Crippen molar-refractivity contribution in [1.82, 2.24) is 14.8 Å². The van der Waals surface area contributed by atoms with Gasteiger partial charge in [0.25, 0.3) is 5.91 Å². The number of methoxy groups -OCH3 is 1. The first kappa shape index (κ1) is 26.2. The molecular weight excluding hydrogens is 515 g/mol. The number of nitrogens with zero attached hydrogens (tertiary/aromatic N) is 4. The van der Waals surface area contributed by atoms with Gasteiger partial charge in [0.1, 0.15) is 40.3 Å². The fraction of sp³-hybridized carbons (Fsp3) is 0.444. The molecule has 0 spiro atoms. The van der Waals surface area contributed by atoms with E-state index in [0.29, 0.717) is 26.1 Å². The van der Waals surface area contributed by atoms with Crippen LogP contribution in [0.2, 0.25) is 5.02 Å². The molecule has 5 rings (SSSR count). The number of hydrogen-bond donors (Lipinski definition) is 1. The Morgan fingerprint density at radius 2 is 2.08 bits per heavy atom. The molecule has 0 bridgehead atoms. The second-order valence-corrected chi connectivity index (χ2v) is 10.6. The minimum Gasteiger partial charge on any atom is -0.507 e. The fourth-order valence-electron chi connectivity index (χ4n) is 5.73. The molecule has 0 aliphatic carbocycles. The largest absolute Gasteiger partial charge is 0.507 e. The molecule has 2 aromatic rings. The van der Waals surface area contributed by atoms with Crippen molar-refractivity contribution in [3.8, 4) is 22.8 Å². The van der Waals surface area contributed by atoms with E-state index in [9.17, 15) is 14.7 Å².